The van der Waals surface area contributed by atoms with Gasteiger partial charge < -0.3 is 0 Å². The molecule has 0 atom stereocenters. The maximum Gasteiger partial charge on any atom is 0.169 e. The number of aryl methyl sites for hydroxylation is 8. The standard InChI is InChI=1S/2C16H19N5/c2*1-11-9-13(3)20(18-11)16(15-5-7-17-8-6-15)21-14(4)10-12(2)19-21/h2*5-10,16H,1-4H3. The Kier molecular flexibility index (Phi) is 8.15. The van der Waals surface area contributed by atoms with E-state index in [-0.39, 0.29) is 12.3 Å². The highest BCUT2D eigenvalue weighted by atomic mass is 15.5. The van der Waals surface area contributed by atoms with Crippen LogP contribution in [0.5, 0.6) is 0 Å². The number of aromatic nitrogens is 10. The monoisotopic (exact) mass is 562 g/mol. The molecular weight excluding hydrogens is 524 g/mol. The number of hydrogen-bond acceptors (Lipinski definition) is 6. The van der Waals surface area contributed by atoms with Crippen LogP contribution in [0.3, 0.4) is 0 Å². The van der Waals surface area contributed by atoms with E-state index in [2.05, 4.69) is 82.3 Å². The van der Waals surface area contributed by atoms with Crippen LogP contribution in [0, 0.1) is 55.4 Å². The van der Waals surface area contributed by atoms with Crippen molar-refractivity contribution in [3.05, 3.63) is 130 Å². The van der Waals surface area contributed by atoms with E-state index in [1.54, 1.807) is 24.8 Å². The van der Waals surface area contributed by atoms with E-state index < -0.39 is 0 Å². The van der Waals surface area contributed by atoms with Crippen LogP contribution in [-0.4, -0.2) is 49.1 Å². The molecule has 216 valence electrons. The van der Waals surface area contributed by atoms with Gasteiger partial charge in [0.1, 0.15) is 0 Å². The summed E-state index contributed by atoms with van der Waals surface area (Å²) in [6, 6.07) is 16.4. The summed E-state index contributed by atoms with van der Waals surface area (Å²) < 4.78 is 8.07. The van der Waals surface area contributed by atoms with E-state index in [9.17, 15) is 0 Å². The summed E-state index contributed by atoms with van der Waals surface area (Å²) >= 11 is 0. The molecule has 6 aromatic heterocycles. The molecule has 0 spiro atoms. The lowest BCUT2D eigenvalue weighted by Crippen LogP contribution is -2.24. The Morgan fingerprint density at radius 3 is 0.833 bits per heavy atom. The van der Waals surface area contributed by atoms with Crippen molar-refractivity contribution in [2.45, 2.75) is 67.7 Å². The SMILES string of the molecule is Cc1cc(C)n(C(c2ccncc2)n2nc(C)cc2C)n1.Cc1cc(C)n(C(c2ccncc2)n2nc(C)cc2C)n1. The molecule has 0 aromatic carbocycles. The fourth-order valence-electron chi connectivity index (χ4n) is 5.42. The zero-order chi connectivity index (χ0) is 30.0. The molecule has 0 fully saturated rings. The molecule has 0 unspecified atom stereocenters. The summed E-state index contributed by atoms with van der Waals surface area (Å²) in [5.41, 5.74) is 10.7. The number of hydrogen-bond donors (Lipinski definition) is 0. The van der Waals surface area contributed by atoms with Crippen molar-refractivity contribution < 1.29 is 0 Å². The molecule has 0 aliphatic heterocycles. The van der Waals surface area contributed by atoms with Crippen molar-refractivity contribution in [1.29, 1.82) is 0 Å². The predicted octanol–water partition coefficient (Wildman–Crippen LogP) is 5.61. The van der Waals surface area contributed by atoms with Crippen LogP contribution in [0.25, 0.3) is 0 Å². The molecule has 0 bridgehead atoms. The molecule has 0 aliphatic carbocycles. The Hall–Kier alpha value is -4.86. The minimum absolute atomic E-state index is 0.0876. The molecule has 6 rings (SSSR count). The molecule has 10 nitrogen and oxygen atoms in total. The summed E-state index contributed by atoms with van der Waals surface area (Å²) in [4.78, 5) is 8.22. The van der Waals surface area contributed by atoms with Crippen molar-refractivity contribution >= 4 is 0 Å². The molecule has 0 saturated carbocycles. The Bertz CT molecular complexity index is 1550. The molecule has 0 aliphatic rings. The first kappa shape index (κ1) is 28.7. The van der Waals surface area contributed by atoms with Crippen molar-refractivity contribution in [2.75, 3.05) is 0 Å². The van der Waals surface area contributed by atoms with E-state index in [4.69, 9.17) is 0 Å². The van der Waals surface area contributed by atoms with E-state index in [0.717, 1.165) is 56.7 Å². The number of nitrogens with zero attached hydrogens (tertiary/aromatic N) is 10. The van der Waals surface area contributed by atoms with Crippen LogP contribution in [0.4, 0.5) is 0 Å². The Morgan fingerprint density at radius 1 is 0.405 bits per heavy atom. The van der Waals surface area contributed by atoms with Crippen molar-refractivity contribution in [2.24, 2.45) is 0 Å². The second-order valence-corrected chi connectivity index (χ2v) is 10.8. The topological polar surface area (TPSA) is 97.1 Å². The highest BCUT2D eigenvalue weighted by Crippen LogP contribution is 2.25. The van der Waals surface area contributed by atoms with Gasteiger partial charge in [0, 0.05) is 58.7 Å². The van der Waals surface area contributed by atoms with E-state index in [1.807, 2.05) is 70.7 Å². The molecule has 0 N–H and O–H groups in total. The third-order valence-corrected chi connectivity index (χ3v) is 7.11. The fourth-order valence-corrected chi connectivity index (χ4v) is 5.42. The van der Waals surface area contributed by atoms with Gasteiger partial charge in [-0.1, -0.05) is 0 Å². The normalized spacial score (nSPS) is 11.3. The third-order valence-electron chi connectivity index (χ3n) is 7.11. The van der Waals surface area contributed by atoms with E-state index in [0.29, 0.717) is 0 Å². The van der Waals surface area contributed by atoms with Crippen molar-refractivity contribution in [3.63, 3.8) is 0 Å². The summed E-state index contributed by atoms with van der Waals surface area (Å²) in [7, 11) is 0. The first-order valence-corrected chi connectivity index (χ1v) is 14.0. The lowest BCUT2D eigenvalue weighted by molar-refractivity contribution is 0.401. The second-order valence-electron chi connectivity index (χ2n) is 10.8. The lowest BCUT2D eigenvalue weighted by Gasteiger charge is -2.21. The zero-order valence-electron chi connectivity index (χ0n) is 25.6. The van der Waals surface area contributed by atoms with Gasteiger partial charge in [0.25, 0.3) is 0 Å². The summed E-state index contributed by atoms with van der Waals surface area (Å²) in [6.45, 7) is 16.3. The smallest absolute Gasteiger partial charge is 0.169 e. The van der Waals surface area contributed by atoms with Crippen LogP contribution in [-0.2, 0) is 0 Å². The minimum Gasteiger partial charge on any atom is -0.265 e. The molecule has 0 amide bonds. The third kappa shape index (κ3) is 5.93. The predicted molar refractivity (Wildman–Crippen MR) is 162 cm³/mol. The van der Waals surface area contributed by atoms with Gasteiger partial charge in [0.2, 0.25) is 0 Å². The largest absolute Gasteiger partial charge is 0.265 e. The van der Waals surface area contributed by atoms with Gasteiger partial charge in [0.05, 0.1) is 22.8 Å². The maximum absolute atomic E-state index is 4.65. The van der Waals surface area contributed by atoms with Gasteiger partial charge in [-0.3, -0.25) is 9.97 Å². The first-order chi connectivity index (χ1) is 20.1. The fraction of sp³-hybridized carbons (Fsp3) is 0.312. The molecule has 0 radical (unpaired) electrons. The Labute approximate surface area is 246 Å². The van der Waals surface area contributed by atoms with Crippen LogP contribution in [0.15, 0.2) is 73.3 Å². The molecule has 6 aromatic rings. The maximum atomic E-state index is 4.65. The van der Waals surface area contributed by atoms with Gasteiger partial charge in [-0.15, -0.1) is 0 Å². The van der Waals surface area contributed by atoms with Gasteiger partial charge in [-0.25, -0.2) is 18.7 Å². The van der Waals surface area contributed by atoms with E-state index >= 15 is 0 Å². The number of pyridine rings is 2. The quantitative estimate of drug-likeness (QED) is 0.262. The molecule has 6 heterocycles. The van der Waals surface area contributed by atoms with Gasteiger partial charge in [-0.2, -0.15) is 20.4 Å². The van der Waals surface area contributed by atoms with Crippen LogP contribution in [0.2, 0.25) is 0 Å². The highest BCUT2D eigenvalue weighted by molar-refractivity contribution is 5.23. The molecule has 42 heavy (non-hydrogen) atoms. The highest BCUT2D eigenvalue weighted by Gasteiger charge is 2.22. The van der Waals surface area contributed by atoms with Gasteiger partial charge >= 0.3 is 0 Å². The van der Waals surface area contributed by atoms with Gasteiger partial charge in [-0.05, 0) is 104 Å². The summed E-state index contributed by atoms with van der Waals surface area (Å²) in [5.74, 6) is 0. The average molecular weight is 563 g/mol. The minimum atomic E-state index is -0.0876. The number of rotatable bonds is 6. The Morgan fingerprint density at radius 2 is 0.643 bits per heavy atom. The first-order valence-electron chi connectivity index (χ1n) is 14.0. The van der Waals surface area contributed by atoms with Crippen LogP contribution >= 0.6 is 0 Å². The molecule has 10 heteroatoms. The Balaban J connectivity index is 0.000000168. The van der Waals surface area contributed by atoms with Crippen molar-refractivity contribution in [1.82, 2.24) is 49.1 Å². The van der Waals surface area contributed by atoms with Crippen LogP contribution in [0.1, 0.15) is 69.0 Å². The van der Waals surface area contributed by atoms with E-state index in [1.165, 1.54) is 0 Å². The average Bonchev–Trinajstić information content (AvgIpc) is 3.67. The lowest BCUT2D eigenvalue weighted by atomic mass is 10.2. The van der Waals surface area contributed by atoms with Gasteiger partial charge in [0.15, 0.2) is 12.3 Å². The molecular formula is C32H38N10. The zero-order valence-corrected chi connectivity index (χ0v) is 25.6. The van der Waals surface area contributed by atoms with Crippen LogP contribution < -0.4 is 0 Å². The van der Waals surface area contributed by atoms with Crippen molar-refractivity contribution in [3.8, 4) is 0 Å². The summed E-state index contributed by atoms with van der Waals surface area (Å²) in [5, 5.41) is 18.6. The molecule has 0 saturated heterocycles. The summed E-state index contributed by atoms with van der Waals surface area (Å²) in [6.07, 6.45) is 7.05. The second kappa shape index (κ2) is 11.9.